The summed E-state index contributed by atoms with van der Waals surface area (Å²) >= 11 is 0. The molecule has 0 aliphatic carbocycles. The van der Waals surface area contributed by atoms with Crippen LogP contribution in [-0.2, 0) is 7.05 Å². The van der Waals surface area contributed by atoms with Gasteiger partial charge in [-0.05, 0) is 25.7 Å². The van der Waals surface area contributed by atoms with Gasteiger partial charge in [-0.15, -0.1) is 0 Å². The number of nitrogens with zero attached hydrogens (tertiary/aromatic N) is 2. The van der Waals surface area contributed by atoms with Crippen LogP contribution >= 0.6 is 0 Å². The van der Waals surface area contributed by atoms with Gasteiger partial charge in [-0.2, -0.15) is 0 Å². The average Bonchev–Trinajstić information content (AvgIpc) is 2.51. The van der Waals surface area contributed by atoms with E-state index >= 15 is 0 Å². The average molecular weight is 208 g/mol. The van der Waals surface area contributed by atoms with Crippen LogP contribution in [0.1, 0.15) is 39.7 Å². The Hall–Kier alpha value is -1.12. The van der Waals surface area contributed by atoms with Gasteiger partial charge in [0.1, 0.15) is 18.4 Å². The van der Waals surface area contributed by atoms with Crippen molar-refractivity contribution in [3.05, 3.63) is 18.7 Å². The van der Waals surface area contributed by atoms with E-state index in [1.54, 1.807) is 0 Å². The van der Waals surface area contributed by atoms with Crippen LogP contribution in [0.4, 0.5) is 0 Å². The van der Waals surface area contributed by atoms with Crippen LogP contribution in [0.5, 0.6) is 0 Å². The Morgan fingerprint density at radius 2 is 2.13 bits per heavy atom. The van der Waals surface area contributed by atoms with Gasteiger partial charge < -0.3 is 5.41 Å². The minimum Gasteiger partial charge on any atom is -0.310 e. The number of aromatic nitrogens is 2. The Morgan fingerprint density at radius 3 is 2.53 bits per heavy atom. The Balaban J connectivity index is 2.70. The summed E-state index contributed by atoms with van der Waals surface area (Å²) in [6, 6.07) is 0.506. The molecule has 1 N–H and O–H groups in total. The number of imidazole rings is 1. The van der Waals surface area contributed by atoms with Crippen molar-refractivity contribution in [2.24, 2.45) is 13.0 Å². The molecule has 0 radical (unpaired) electrons. The van der Waals surface area contributed by atoms with Gasteiger partial charge in [0.2, 0.25) is 6.33 Å². The molecule has 0 saturated carbocycles. The fourth-order valence-corrected chi connectivity index (χ4v) is 1.86. The van der Waals surface area contributed by atoms with Crippen LogP contribution in [0, 0.1) is 11.3 Å². The first-order valence-corrected chi connectivity index (χ1v) is 5.57. The van der Waals surface area contributed by atoms with E-state index in [2.05, 4.69) is 41.7 Å². The molecule has 0 aromatic carbocycles. The number of rotatable bonds is 5. The standard InChI is InChI=1S/C12H22N3/c1-10(2)12(6-5-11(3)13)15-8-7-14(4)9-15/h7-10,12-13H,5-6H2,1-4H3/q+1. The SMILES string of the molecule is CC(=N)CCC(C(C)C)n1cc[n+](C)c1. The molecule has 0 saturated heterocycles. The Morgan fingerprint density at radius 1 is 1.47 bits per heavy atom. The second-order valence-corrected chi connectivity index (χ2v) is 4.66. The number of aryl methyl sites for hydroxylation is 1. The number of hydrogen-bond acceptors (Lipinski definition) is 1. The molecule has 3 nitrogen and oxygen atoms in total. The van der Waals surface area contributed by atoms with Gasteiger partial charge in [-0.25, -0.2) is 9.13 Å². The maximum atomic E-state index is 7.48. The quantitative estimate of drug-likeness (QED) is 0.569. The molecule has 0 amide bonds. The van der Waals surface area contributed by atoms with E-state index in [0.717, 1.165) is 18.6 Å². The number of nitrogens with one attached hydrogen (secondary N) is 1. The topological polar surface area (TPSA) is 32.7 Å². The highest BCUT2D eigenvalue weighted by Gasteiger charge is 2.19. The van der Waals surface area contributed by atoms with Crippen molar-refractivity contribution in [1.29, 1.82) is 5.41 Å². The minimum absolute atomic E-state index is 0.506. The molecule has 0 aliphatic heterocycles. The normalized spacial score (nSPS) is 13.1. The van der Waals surface area contributed by atoms with E-state index in [1.807, 2.05) is 14.0 Å². The van der Waals surface area contributed by atoms with Crippen molar-refractivity contribution in [1.82, 2.24) is 4.57 Å². The summed E-state index contributed by atoms with van der Waals surface area (Å²) in [5.41, 5.74) is 0.775. The molecule has 0 aliphatic rings. The van der Waals surface area contributed by atoms with Crippen LogP contribution in [0.25, 0.3) is 0 Å². The highest BCUT2D eigenvalue weighted by atomic mass is 15.1. The highest BCUT2D eigenvalue weighted by Crippen LogP contribution is 2.22. The summed E-state index contributed by atoms with van der Waals surface area (Å²) in [4.78, 5) is 0. The summed E-state index contributed by atoms with van der Waals surface area (Å²) in [7, 11) is 2.04. The fraction of sp³-hybridized carbons (Fsp3) is 0.667. The van der Waals surface area contributed by atoms with Gasteiger partial charge in [-0.1, -0.05) is 13.8 Å². The zero-order chi connectivity index (χ0) is 11.4. The predicted molar refractivity (Wildman–Crippen MR) is 62.1 cm³/mol. The Labute approximate surface area is 92.2 Å². The smallest absolute Gasteiger partial charge is 0.243 e. The van der Waals surface area contributed by atoms with Crippen molar-refractivity contribution in [2.45, 2.75) is 39.7 Å². The molecule has 0 spiro atoms. The zero-order valence-corrected chi connectivity index (χ0v) is 10.2. The lowest BCUT2D eigenvalue weighted by Crippen LogP contribution is -2.25. The Kier molecular flexibility index (Phi) is 4.06. The molecule has 0 bridgehead atoms. The molecular weight excluding hydrogens is 186 g/mol. The van der Waals surface area contributed by atoms with Gasteiger partial charge in [-0.3, -0.25) is 0 Å². The maximum absolute atomic E-state index is 7.48. The summed E-state index contributed by atoms with van der Waals surface area (Å²) in [5.74, 6) is 0.608. The molecule has 1 rings (SSSR count). The van der Waals surface area contributed by atoms with Gasteiger partial charge in [0.05, 0.1) is 7.05 Å². The van der Waals surface area contributed by atoms with Crippen molar-refractivity contribution >= 4 is 5.71 Å². The lowest BCUT2D eigenvalue weighted by Gasteiger charge is -2.17. The molecular formula is C12H22N3+. The zero-order valence-electron chi connectivity index (χ0n) is 10.2. The molecule has 1 heterocycles. The van der Waals surface area contributed by atoms with E-state index in [4.69, 9.17) is 5.41 Å². The first-order valence-electron chi connectivity index (χ1n) is 5.57. The van der Waals surface area contributed by atoms with Gasteiger partial charge >= 0.3 is 0 Å². The predicted octanol–water partition coefficient (Wildman–Crippen LogP) is 2.33. The second-order valence-electron chi connectivity index (χ2n) is 4.66. The first kappa shape index (κ1) is 12.0. The van der Waals surface area contributed by atoms with Crippen LogP contribution in [0.2, 0.25) is 0 Å². The molecule has 1 aromatic rings. The van der Waals surface area contributed by atoms with E-state index in [1.165, 1.54) is 0 Å². The molecule has 1 atom stereocenters. The maximum Gasteiger partial charge on any atom is 0.243 e. The largest absolute Gasteiger partial charge is 0.310 e. The van der Waals surface area contributed by atoms with Crippen LogP contribution in [0.3, 0.4) is 0 Å². The summed E-state index contributed by atoms with van der Waals surface area (Å²) in [6.07, 6.45) is 8.24. The molecule has 3 heteroatoms. The minimum atomic E-state index is 0.506. The monoisotopic (exact) mass is 208 g/mol. The van der Waals surface area contributed by atoms with Crippen molar-refractivity contribution in [3.63, 3.8) is 0 Å². The summed E-state index contributed by atoms with van der Waals surface area (Å²) in [5, 5.41) is 7.48. The van der Waals surface area contributed by atoms with Gasteiger partial charge in [0, 0.05) is 5.71 Å². The van der Waals surface area contributed by atoms with Crippen molar-refractivity contribution < 1.29 is 4.57 Å². The molecule has 84 valence electrons. The highest BCUT2D eigenvalue weighted by molar-refractivity contribution is 5.78. The van der Waals surface area contributed by atoms with E-state index < -0.39 is 0 Å². The lowest BCUT2D eigenvalue weighted by molar-refractivity contribution is -0.671. The molecule has 1 aromatic heterocycles. The van der Waals surface area contributed by atoms with Gasteiger partial charge in [0.25, 0.3) is 0 Å². The van der Waals surface area contributed by atoms with Crippen molar-refractivity contribution in [3.8, 4) is 0 Å². The molecule has 15 heavy (non-hydrogen) atoms. The Bertz CT molecular complexity index is 325. The summed E-state index contributed by atoms with van der Waals surface area (Å²) in [6.45, 7) is 6.36. The molecule has 0 fully saturated rings. The second kappa shape index (κ2) is 5.10. The lowest BCUT2D eigenvalue weighted by atomic mass is 9.98. The summed E-state index contributed by atoms with van der Waals surface area (Å²) < 4.78 is 4.32. The number of hydrogen-bond donors (Lipinski definition) is 1. The third kappa shape index (κ3) is 3.50. The third-order valence-corrected chi connectivity index (χ3v) is 2.76. The van der Waals surface area contributed by atoms with E-state index in [-0.39, 0.29) is 0 Å². The molecule has 1 unspecified atom stereocenters. The van der Waals surface area contributed by atoms with Gasteiger partial charge in [0.15, 0.2) is 0 Å². The fourth-order valence-electron chi connectivity index (χ4n) is 1.86. The van der Waals surface area contributed by atoms with Crippen LogP contribution in [0.15, 0.2) is 18.7 Å². The first-order chi connectivity index (χ1) is 7.00. The van der Waals surface area contributed by atoms with Crippen LogP contribution in [-0.4, -0.2) is 10.3 Å². The van der Waals surface area contributed by atoms with Crippen LogP contribution < -0.4 is 4.57 Å². The van der Waals surface area contributed by atoms with E-state index in [0.29, 0.717) is 12.0 Å². The third-order valence-electron chi connectivity index (χ3n) is 2.76. The van der Waals surface area contributed by atoms with E-state index in [9.17, 15) is 0 Å². The van der Waals surface area contributed by atoms with Crippen molar-refractivity contribution in [2.75, 3.05) is 0 Å².